The van der Waals surface area contributed by atoms with E-state index in [-0.39, 0.29) is 23.5 Å². The van der Waals surface area contributed by atoms with Crippen molar-refractivity contribution in [1.29, 1.82) is 0 Å². The van der Waals surface area contributed by atoms with Gasteiger partial charge in [0, 0.05) is 12.2 Å². The first-order valence-electron chi connectivity index (χ1n) is 7.84. The number of aromatic amines is 1. The largest absolute Gasteiger partial charge is 0.487 e. The van der Waals surface area contributed by atoms with Crippen LogP contribution >= 0.6 is 0 Å². The summed E-state index contributed by atoms with van der Waals surface area (Å²) in [6.45, 7) is 2.00. The molecule has 1 aliphatic rings. The molecule has 0 bridgehead atoms. The van der Waals surface area contributed by atoms with Crippen molar-refractivity contribution in [2.24, 2.45) is 5.73 Å². The molecule has 0 radical (unpaired) electrons. The third-order valence-corrected chi connectivity index (χ3v) is 4.43. The van der Waals surface area contributed by atoms with Crippen molar-refractivity contribution < 1.29 is 9.13 Å². The lowest BCUT2D eigenvalue weighted by Gasteiger charge is -2.27. The number of aromatic nitrogens is 1. The van der Waals surface area contributed by atoms with E-state index in [1.807, 2.05) is 6.92 Å². The third-order valence-electron chi connectivity index (χ3n) is 4.43. The molecule has 0 unspecified atom stereocenters. The van der Waals surface area contributed by atoms with Gasteiger partial charge in [-0.2, -0.15) is 0 Å². The number of rotatable bonds is 3. The topological polar surface area (TPSA) is 68.1 Å². The van der Waals surface area contributed by atoms with Gasteiger partial charge >= 0.3 is 0 Å². The fourth-order valence-corrected chi connectivity index (χ4v) is 3.08. The van der Waals surface area contributed by atoms with Crippen LogP contribution in [0.4, 0.5) is 4.39 Å². The van der Waals surface area contributed by atoms with Gasteiger partial charge in [0.2, 0.25) is 0 Å². The van der Waals surface area contributed by atoms with Crippen LogP contribution in [0.2, 0.25) is 0 Å². The molecule has 1 aromatic heterocycles. The monoisotopic (exact) mass is 304 g/mol. The van der Waals surface area contributed by atoms with E-state index in [0.29, 0.717) is 5.39 Å². The molecule has 1 aliphatic carbocycles. The molecule has 0 atom stereocenters. The molecular formula is C17H21FN2O2. The van der Waals surface area contributed by atoms with Crippen LogP contribution in [0.5, 0.6) is 5.75 Å². The number of halogens is 1. The number of hydrogen-bond acceptors (Lipinski definition) is 3. The Hall–Kier alpha value is -1.88. The molecule has 5 heteroatoms. The molecule has 0 spiro atoms. The van der Waals surface area contributed by atoms with Crippen LogP contribution in [0.3, 0.4) is 0 Å². The van der Waals surface area contributed by atoms with E-state index >= 15 is 0 Å². The van der Waals surface area contributed by atoms with Crippen LogP contribution in [0.1, 0.15) is 38.2 Å². The quantitative estimate of drug-likeness (QED) is 0.916. The molecule has 1 aromatic carbocycles. The molecule has 118 valence electrons. The number of nitrogens with one attached hydrogen (secondary N) is 1. The maximum Gasteiger partial charge on any atom is 0.255 e. The highest BCUT2D eigenvalue weighted by atomic mass is 19.1. The Balaban J connectivity index is 1.96. The fraction of sp³-hybridized carbons (Fsp3) is 0.471. The molecule has 4 nitrogen and oxygen atoms in total. The number of nitrogens with two attached hydrogens (primary N) is 1. The van der Waals surface area contributed by atoms with Gasteiger partial charge in [-0.25, -0.2) is 4.39 Å². The second-order valence-corrected chi connectivity index (χ2v) is 5.98. The zero-order valence-electron chi connectivity index (χ0n) is 12.7. The minimum absolute atomic E-state index is 0.00109. The van der Waals surface area contributed by atoms with Gasteiger partial charge in [0.15, 0.2) is 11.6 Å². The molecule has 22 heavy (non-hydrogen) atoms. The number of pyridine rings is 1. The molecule has 0 saturated heterocycles. The van der Waals surface area contributed by atoms with Crippen molar-refractivity contribution in [2.45, 2.75) is 51.2 Å². The van der Waals surface area contributed by atoms with Crippen LogP contribution in [0.15, 0.2) is 23.1 Å². The van der Waals surface area contributed by atoms with Crippen molar-refractivity contribution in [3.05, 3.63) is 40.1 Å². The van der Waals surface area contributed by atoms with Gasteiger partial charge in [-0.3, -0.25) is 4.79 Å². The summed E-state index contributed by atoms with van der Waals surface area (Å²) in [5, 5.41) is 1.13. The maximum atomic E-state index is 14.3. The molecule has 1 fully saturated rings. The number of ether oxygens (including phenoxy) is 1. The summed E-state index contributed by atoms with van der Waals surface area (Å²) >= 11 is 0. The molecule has 3 rings (SSSR count). The van der Waals surface area contributed by atoms with Crippen LogP contribution in [-0.4, -0.2) is 17.1 Å². The number of hydrogen-bond donors (Lipinski definition) is 2. The summed E-state index contributed by atoms with van der Waals surface area (Å²) in [5.74, 6) is -0.255. The smallest absolute Gasteiger partial charge is 0.255 e. The first-order chi connectivity index (χ1) is 10.6. The van der Waals surface area contributed by atoms with Crippen LogP contribution in [-0.2, 0) is 6.42 Å². The molecule has 1 saturated carbocycles. The lowest BCUT2D eigenvalue weighted by molar-refractivity contribution is 0.141. The first kappa shape index (κ1) is 15.0. The Kier molecular flexibility index (Phi) is 4.16. The zero-order valence-corrected chi connectivity index (χ0v) is 12.7. The first-order valence-corrected chi connectivity index (χ1v) is 7.84. The second kappa shape index (κ2) is 6.08. The van der Waals surface area contributed by atoms with E-state index in [1.165, 1.54) is 6.07 Å². The van der Waals surface area contributed by atoms with Crippen LogP contribution in [0.25, 0.3) is 10.8 Å². The summed E-state index contributed by atoms with van der Waals surface area (Å²) in [6, 6.07) is 3.16. The molecule has 0 amide bonds. The number of fused-ring (bicyclic) bond motifs is 1. The Bertz CT molecular complexity index is 733. The van der Waals surface area contributed by atoms with E-state index in [4.69, 9.17) is 10.5 Å². The fourth-order valence-electron chi connectivity index (χ4n) is 3.08. The van der Waals surface area contributed by atoms with Gasteiger partial charge in [-0.1, -0.05) is 6.92 Å². The van der Waals surface area contributed by atoms with Crippen molar-refractivity contribution >= 4 is 10.8 Å². The van der Waals surface area contributed by atoms with Gasteiger partial charge in [-0.05, 0) is 55.2 Å². The summed E-state index contributed by atoms with van der Waals surface area (Å²) in [7, 11) is 0. The van der Waals surface area contributed by atoms with Gasteiger partial charge in [0.25, 0.3) is 5.56 Å². The Morgan fingerprint density at radius 2 is 2.00 bits per heavy atom. The number of benzene rings is 1. The summed E-state index contributed by atoms with van der Waals surface area (Å²) in [5.41, 5.74) is 6.58. The van der Waals surface area contributed by atoms with Crippen molar-refractivity contribution in [3.8, 4) is 5.75 Å². The molecule has 1 heterocycles. The van der Waals surface area contributed by atoms with Crippen LogP contribution in [0, 0.1) is 5.82 Å². The van der Waals surface area contributed by atoms with E-state index < -0.39 is 5.82 Å². The van der Waals surface area contributed by atoms with Crippen molar-refractivity contribution in [1.82, 2.24) is 4.98 Å². The average Bonchev–Trinajstić information content (AvgIpc) is 2.51. The van der Waals surface area contributed by atoms with Crippen molar-refractivity contribution in [2.75, 3.05) is 0 Å². The molecule has 3 N–H and O–H groups in total. The number of H-pyrrole nitrogens is 1. The van der Waals surface area contributed by atoms with Gasteiger partial charge in [-0.15, -0.1) is 0 Å². The normalized spacial score (nSPS) is 22.0. The summed E-state index contributed by atoms with van der Waals surface area (Å²) in [4.78, 5) is 14.5. The van der Waals surface area contributed by atoms with Gasteiger partial charge in [0.05, 0.1) is 11.5 Å². The average molecular weight is 304 g/mol. The Morgan fingerprint density at radius 1 is 1.27 bits per heavy atom. The van der Waals surface area contributed by atoms with E-state index in [2.05, 4.69) is 4.98 Å². The Labute approximate surface area is 128 Å². The summed E-state index contributed by atoms with van der Waals surface area (Å²) in [6.07, 6.45) is 5.93. The highest BCUT2D eigenvalue weighted by Gasteiger charge is 2.21. The second-order valence-electron chi connectivity index (χ2n) is 5.98. The molecule has 0 aliphatic heterocycles. The SMILES string of the molecule is CCc1c[nH]c(=O)c2cc(F)c(OC3CCC(N)CC3)cc12. The van der Waals surface area contributed by atoms with Crippen LogP contribution < -0.4 is 16.0 Å². The van der Waals surface area contributed by atoms with E-state index in [1.54, 1.807) is 12.3 Å². The highest BCUT2D eigenvalue weighted by molar-refractivity contribution is 5.86. The third kappa shape index (κ3) is 2.86. The highest BCUT2D eigenvalue weighted by Crippen LogP contribution is 2.29. The number of aryl methyl sites for hydroxylation is 1. The standard InChI is InChI=1S/C17H21FN2O2/c1-2-10-9-20-17(21)14-7-15(18)16(8-13(10)14)22-12-5-3-11(19)4-6-12/h7-9,11-12H,2-6,19H2,1H3,(H,20,21). The predicted molar refractivity (Wildman–Crippen MR) is 84.8 cm³/mol. The minimum atomic E-state index is -0.485. The predicted octanol–water partition coefficient (Wildman–Crippen LogP) is 2.88. The minimum Gasteiger partial charge on any atom is -0.487 e. The van der Waals surface area contributed by atoms with E-state index in [9.17, 15) is 9.18 Å². The van der Waals surface area contributed by atoms with Gasteiger partial charge < -0.3 is 15.5 Å². The maximum absolute atomic E-state index is 14.3. The molecule has 2 aromatic rings. The molecular weight excluding hydrogens is 283 g/mol. The Morgan fingerprint density at radius 3 is 2.68 bits per heavy atom. The lowest BCUT2D eigenvalue weighted by Crippen LogP contribution is -2.31. The lowest BCUT2D eigenvalue weighted by atomic mass is 9.93. The van der Waals surface area contributed by atoms with E-state index in [0.717, 1.165) is 43.1 Å². The zero-order chi connectivity index (χ0) is 15.7. The summed E-state index contributed by atoms with van der Waals surface area (Å²) < 4.78 is 20.1. The van der Waals surface area contributed by atoms with Gasteiger partial charge in [0.1, 0.15) is 0 Å². The van der Waals surface area contributed by atoms with Crippen molar-refractivity contribution in [3.63, 3.8) is 0 Å².